The molecular weight excluding hydrogens is 204 g/mol. The van der Waals surface area contributed by atoms with Gasteiger partial charge in [0.25, 0.3) is 0 Å². The molecule has 0 saturated heterocycles. The summed E-state index contributed by atoms with van der Waals surface area (Å²) in [6.07, 6.45) is 0.839. The van der Waals surface area contributed by atoms with Crippen LogP contribution in [0.1, 0.15) is 5.56 Å². The molecule has 1 aliphatic heterocycles. The Hall–Kier alpha value is -1.55. The zero-order valence-electron chi connectivity index (χ0n) is 9.32. The summed E-state index contributed by atoms with van der Waals surface area (Å²) >= 11 is 0. The van der Waals surface area contributed by atoms with Gasteiger partial charge in [-0.1, -0.05) is 18.2 Å². The van der Waals surface area contributed by atoms with Crippen LogP contribution in [0.5, 0.6) is 5.75 Å². The molecule has 1 atom stereocenters. The number of hydrogen-bond acceptors (Lipinski definition) is 3. The number of fused-ring (bicyclic) bond motifs is 1. The summed E-state index contributed by atoms with van der Waals surface area (Å²) in [6.45, 7) is 0.893. The van der Waals surface area contributed by atoms with Gasteiger partial charge >= 0.3 is 0 Å². The molecule has 0 radical (unpaired) electrons. The summed E-state index contributed by atoms with van der Waals surface area (Å²) < 4.78 is 5.58. The number of hydrogen-bond donors (Lipinski definition) is 2. The van der Waals surface area contributed by atoms with Gasteiger partial charge in [0.05, 0.1) is 12.6 Å². The Kier molecular flexibility index (Phi) is 3.41. The summed E-state index contributed by atoms with van der Waals surface area (Å²) in [5, 5.41) is 5.76. The van der Waals surface area contributed by atoms with Crippen molar-refractivity contribution in [1.29, 1.82) is 0 Å². The standard InChI is InChI=1S/C12H16N2O2/c1-13-7-12(15)14-10-6-9-4-2-3-5-11(9)16-8-10/h2-5,10,13H,6-8H2,1H3,(H,14,15). The van der Waals surface area contributed by atoms with Crippen LogP contribution in [0, 0.1) is 0 Å². The number of carbonyl (C=O) groups excluding carboxylic acids is 1. The molecule has 1 unspecified atom stereocenters. The first-order chi connectivity index (χ1) is 7.79. The van der Waals surface area contributed by atoms with E-state index in [-0.39, 0.29) is 11.9 Å². The molecular formula is C12H16N2O2. The summed E-state index contributed by atoms with van der Waals surface area (Å²) in [5.74, 6) is 0.942. The zero-order chi connectivity index (χ0) is 11.4. The first-order valence-electron chi connectivity index (χ1n) is 5.44. The first kappa shape index (κ1) is 11.0. The number of carbonyl (C=O) groups is 1. The number of para-hydroxylation sites is 1. The molecule has 1 amide bonds. The lowest BCUT2D eigenvalue weighted by atomic mass is 10.0. The zero-order valence-corrected chi connectivity index (χ0v) is 9.32. The minimum absolute atomic E-state index is 0.00970. The van der Waals surface area contributed by atoms with Crippen molar-refractivity contribution >= 4 is 5.91 Å². The summed E-state index contributed by atoms with van der Waals surface area (Å²) in [6, 6.07) is 8.02. The molecule has 86 valence electrons. The first-order valence-corrected chi connectivity index (χ1v) is 5.44. The fourth-order valence-electron chi connectivity index (χ4n) is 1.86. The minimum Gasteiger partial charge on any atom is -0.491 e. The summed E-state index contributed by atoms with van der Waals surface area (Å²) in [4.78, 5) is 11.4. The van der Waals surface area contributed by atoms with E-state index in [0.717, 1.165) is 17.7 Å². The topological polar surface area (TPSA) is 50.4 Å². The minimum atomic E-state index is 0.00970. The second kappa shape index (κ2) is 4.99. The van der Waals surface area contributed by atoms with E-state index in [1.54, 1.807) is 7.05 Å². The van der Waals surface area contributed by atoms with Crippen LogP contribution in [0.15, 0.2) is 24.3 Å². The predicted molar refractivity (Wildman–Crippen MR) is 61.5 cm³/mol. The Morgan fingerprint density at radius 2 is 2.31 bits per heavy atom. The Balaban J connectivity index is 1.95. The molecule has 2 N–H and O–H groups in total. The molecule has 0 spiro atoms. The molecule has 2 rings (SSSR count). The van der Waals surface area contributed by atoms with Crippen LogP contribution in [0.3, 0.4) is 0 Å². The Bertz CT molecular complexity index is 379. The lowest BCUT2D eigenvalue weighted by molar-refractivity contribution is -0.121. The highest BCUT2D eigenvalue weighted by atomic mass is 16.5. The monoisotopic (exact) mass is 220 g/mol. The van der Waals surface area contributed by atoms with Crippen LogP contribution < -0.4 is 15.4 Å². The average molecular weight is 220 g/mol. The maximum absolute atomic E-state index is 11.4. The Labute approximate surface area is 95.0 Å². The third kappa shape index (κ3) is 2.52. The molecule has 1 aliphatic rings. The third-order valence-electron chi connectivity index (χ3n) is 2.58. The van der Waals surface area contributed by atoms with Crippen LogP contribution in [0.25, 0.3) is 0 Å². The van der Waals surface area contributed by atoms with Crippen molar-refractivity contribution in [3.63, 3.8) is 0 Å². The van der Waals surface area contributed by atoms with Crippen LogP contribution in [-0.4, -0.2) is 32.1 Å². The van der Waals surface area contributed by atoms with E-state index in [0.29, 0.717) is 13.2 Å². The van der Waals surface area contributed by atoms with Gasteiger partial charge in [-0.15, -0.1) is 0 Å². The highest BCUT2D eigenvalue weighted by Gasteiger charge is 2.20. The number of amides is 1. The smallest absolute Gasteiger partial charge is 0.234 e. The predicted octanol–water partition coefficient (Wildman–Crippen LogP) is 0.326. The van der Waals surface area contributed by atoms with Crippen molar-refractivity contribution in [3.05, 3.63) is 29.8 Å². The number of ether oxygens (including phenoxy) is 1. The fraction of sp³-hybridized carbons (Fsp3) is 0.417. The quantitative estimate of drug-likeness (QED) is 0.771. The van der Waals surface area contributed by atoms with Crippen LogP contribution in [-0.2, 0) is 11.2 Å². The summed E-state index contributed by atoms with van der Waals surface area (Å²) in [7, 11) is 1.76. The van der Waals surface area contributed by atoms with Crippen molar-refractivity contribution in [2.75, 3.05) is 20.2 Å². The molecule has 0 bridgehead atoms. The Morgan fingerprint density at radius 1 is 1.50 bits per heavy atom. The van der Waals surface area contributed by atoms with Crippen LogP contribution in [0.2, 0.25) is 0 Å². The fourth-order valence-corrected chi connectivity index (χ4v) is 1.86. The van der Waals surface area contributed by atoms with Crippen LogP contribution in [0.4, 0.5) is 0 Å². The number of likely N-dealkylation sites (N-methyl/N-ethyl adjacent to an activating group) is 1. The largest absolute Gasteiger partial charge is 0.491 e. The molecule has 0 fully saturated rings. The molecule has 1 heterocycles. The van der Waals surface area contributed by atoms with Crippen LogP contribution >= 0.6 is 0 Å². The van der Waals surface area contributed by atoms with Crippen molar-refractivity contribution in [2.24, 2.45) is 0 Å². The highest BCUT2D eigenvalue weighted by Crippen LogP contribution is 2.23. The van der Waals surface area contributed by atoms with Gasteiger partial charge in [-0.2, -0.15) is 0 Å². The van der Waals surface area contributed by atoms with E-state index in [2.05, 4.69) is 10.6 Å². The lowest BCUT2D eigenvalue weighted by Gasteiger charge is -2.25. The van der Waals surface area contributed by atoms with Gasteiger partial charge < -0.3 is 15.4 Å². The maximum Gasteiger partial charge on any atom is 0.234 e. The highest BCUT2D eigenvalue weighted by molar-refractivity contribution is 5.78. The van der Waals surface area contributed by atoms with Gasteiger partial charge in [-0.05, 0) is 25.1 Å². The van der Waals surface area contributed by atoms with Gasteiger partial charge in [-0.25, -0.2) is 0 Å². The van der Waals surface area contributed by atoms with Gasteiger partial charge in [-0.3, -0.25) is 4.79 Å². The van der Waals surface area contributed by atoms with E-state index in [4.69, 9.17) is 4.74 Å². The lowest BCUT2D eigenvalue weighted by Crippen LogP contribution is -2.45. The number of nitrogens with one attached hydrogen (secondary N) is 2. The van der Waals surface area contributed by atoms with Gasteiger partial charge in [0.1, 0.15) is 12.4 Å². The molecule has 1 aromatic rings. The van der Waals surface area contributed by atoms with Crippen molar-refractivity contribution in [3.8, 4) is 5.75 Å². The van der Waals surface area contributed by atoms with Crippen molar-refractivity contribution in [1.82, 2.24) is 10.6 Å². The average Bonchev–Trinajstić information content (AvgIpc) is 2.29. The van der Waals surface area contributed by atoms with E-state index in [1.165, 1.54) is 0 Å². The van der Waals surface area contributed by atoms with E-state index in [1.807, 2.05) is 24.3 Å². The van der Waals surface area contributed by atoms with Gasteiger partial charge in [0.15, 0.2) is 0 Å². The Morgan fingerprint density at radius 3 is 3.12 bits per heavy atom. The number of benzene rings is 1. The SMILES string of the molecule is CNCC(=O)NC1COc2ccccc2C1. The van der Waals surface area contributed by atoms with E-state index < -0.39 is 0 Å². The summed E-state index contributed by atoms with van der Waals surface area (Å²) in [5.41, 5.74) is 1.16. The number of rotatable bonds is 3. The van der Waals surface area contributed by atoms with Gasteiger partial charge in [0, 0.05) is 0 Å². The molecule has 16 heavy (non-hydrogen) atoms. The molecule has 4 nitrogen and oxygen atoms in total. The molecule has 0 saturated carbocycles. The van der Waals surface area contributed by atoms with Crippen molar-refractivity contribution in [2.45, 2.75) is 12.5 Å². The van der Waals surface area contributed by atoms with E-state index >= 15 is 0 Å². The normalized spacial score (nSPS) is 18.4. The molecule has 0 aromatic heterocycles. The third-order valence-corrected chi connectivity index (χ3v) is 2.58. The molecule has 0 aliphatic carbocycles. The molecule has 4 heteroatoms. The maximum atomic E-state index is 11.4. The van der Waals surface area contributed by atoms with Crippen molar-refractivity contribution < 1.29 is 9.53 Å². The second-order valence-electron chi connectivity index (χ2n) is 3.92. The second-order valence-corrected chi connectivity index (χ2v) is 3.92. The van der Waals surface area contributed by atoms with E-state index in [9.17, 15) is 4.79 Å². The van der Waals surface area contributed by atoms with Gasteiger partial charge in [0.2, 0.25) is 5.91 Å². The molecule has 1 aromatic carbocycles.